The summed E-state index contributed by atoms with van der Waals surface area (Å²) in [6, 6.07) is 6.91. The smallest absolute Gasteiger partial charge is 0.422 e. The molecule has 1 atom stereocenters. The summed E-state index contributed by atoms with van der Waals surface area (Å²) in [5.41, 5.74) is 0.892. The lowest BCUT2D eigenvalue weighted by atomic mass is 10.2. The van der Waals surface area contributed by atoms with Crippen molar-refractivity contribution in [2.24, 2.45) is 0 Å². The van der Waals surface area contributed by atoms with Crippen LogP contribution in [0.25, 0.3) is 0 Å². The number of hydrogen-bond acceptors (Lipinski definition) is 3. The molecule has 3 nitrogen and oxygen atoms in total. The molecule has 18 heavy (non-hydrogen) atoms. The fourth-order valence-corrected chi connectivity index (χ4v) is 1.83. The van der Waals surface area contributed by atoms with E-state index in [1.807, 2.05) is 0 Å². The van der Waals surface area contributed by atoms with Crippen molar-refractivity contribution in [3.05, 3.63) is 24.3 Å². The van der Waals surface area contributed by atoms with Crippen LogP contribution in [0.1, 0.15) is 6.42 Å². The summed E-state index contributed by atoms with van der Waals surface area (Å²) in [5.74, 6) is 0.224. The Kier molecular flexibility index (Phi) is 3.96. The highest BCUT2D eigenvalue weighted by Gasteiger charge is 2.28. The molecule has 0 aromatic heterocycles. The molecule has 2 rings (SSSR count). The Morgan fingerprint density at radius 2 is 2.00 bits per heavy atom. The number of hydrogen-bond donors (Lipinski definition) is 2. The van der Waals surface area contributed by atoms with E-state index in [2.05, 4.69) is 15.4 Å². The third-order valence-electron chi connectivity index (χ3n) is 2.69. The summed E-state index contributed by atoms with van der Waals surface area (Å²) in [7, 11) is 0. The van der Waals surface area contributed by atoms with E-state index in [0.717, 1.165) is 25.2 Å². The first-order valence-corrected chi connectivity index (χ1v) is 5.80. The Labute approximate surface area is 103 Å². The van der Waals surface area contributed by atoms with Crippen molar-refractivity contribution in [2.45, 2.75) is 18.6 Å². The van der Waals surface area contributed by atoms with Crippen molar-refractivity contribution in [3.63, 3.8) is 0 Å². The van der Waals surface area contributed by atoms with Crippen molar-refractivity contribution in [1.82, 2.24) is 5.32 Å². The molecule has 0 amide bonds. The Hall–Kier alpha value is -1.43. The Bertz CT molecular complexity index is 372. The van der Waals surface area contributed by atoms with Crippen LogP contribution in [0, 0.1) is 0 Å². The van der Waals surface area contributed by atoms with Gasteiger partial charge in [-0.15, -0.1) is 0 Å². The van der Waals surface area contributed by atoms with E-state index >= 15 is 0 Å². The summed E-state index contributed by atoms with van der Waals surface area (Å²) in [6.45, 7) is 0.642. The summed E-state index contributed by atoms with van der Waals surface area (Å²) in [4.78, 5) is 0. The zero-order valence-corrected chi connectivity index (χ0v) is 9.76. The number of alkyl halides is 3. The van der Waals surface area contributed by atoms with Gasteiger partial charge < -0.3 is 15.4 Å². The molecule has 1 aliphatic heterocycles. The Balaban J connectivity index is 1.85. The van der Waals surface area contributed by atoms with Gasteiger partial charge in [-0.1, -0.05) is 0 Å². The first-order valence-electron chi connectivity index (χ1n) is 5.80. The molecule has 100 valence electrons. The monoisotopic (exact) mass is 260 g/mol. The topological polar surface area (TPSA) is 33.3 Å². The SMILES string of the molecule is FC(F)(F)COc1ccc(NC2CCNC2)cc1. The van der Waals surface area contributed by atoms with Crippen LogP contribution in [0.3, 0.4) is 0 Å². The van der Waals surface area contributed by atoms with Gasteiger partial charge in [0.15, 0.2) is 6.61 Å². The van der Waals surface area contributed by atoms with Crippen LogP contribution in [-0.4, -0.2) is 31.9 Å². The molecule has 0 bridgehead atoms. The number of halogens is 3. The van der Waals surface area contributed by atoms with Gasteiger partial charge in [0.2, 0.25) is 0 Å². The lowest BCUT2D eigenvalue weighted by molar-refractivity contribution is -0.153. The first-order chi connectivity index (χ1) is 8.53. The number of rotatable bonds is 4. The van der Waals surface area contributed by atoms with Gasteiger partial charge in [0.25, 0.3) is 0 Å². The number of benzene rings is 1. The van der Waals surface area contributed by atoms with Gasteiger partial charge in [0.05, 0.1) is 0 Å². The van der Waals surface area contributed by atoms with Crippen molar-refractivity contribution >= 4 is 5.69 Å². The normalized spacial score (nSPS) is 19.8. The number of nitrogens with one attached hydrogen (secondary N) is 2. The van der Waals surface area contributed by atoms with Crippen LogP contribution >= 0.6 is 0 Å². The third-order valence-corrected chi connectivity index (χ3v) is 2.69. The van der Waals surface area contributed by atoms with Gasteiger partial charge in [-0.25, -0.2) is 0 Å². The minimum atomic E-state index is -4.30. The minimum absolute atomic E-state index is 0.224. The fourth-order valence-electron chi connectivity index (χ4n) is 1.83. The fraction of sp³-hybridized carbons (Fsp3) is 0.500. The van der Waals surface area contributed by atoms with E-state index in [9.17, 15) is 13.2 Å². The van der Waals surface area contributed by atoms with E-state index < -0.39 is 12.8 Å². The number of anilines is 1. The molecule has 1 aliphatic rings. The minimum Gasteiger partial charge on any atom is -0.484 e. The maximum absolute atomic E-state index is 11.9. The molecule has 1 heterocycles. The average Bonchev–Trinajstić information content (AvgIpc) is 2.80. The third kappa shape index (κ3) is 4.10. The Morgan fingerprint density at radius 1 is 1.28 bits per heavy atom. The molecule has 6 heteroatoms. The van der Waals surface area contributed by atoms with E-state index in [4.69, 9.17) is 0 Å². The summed E-state index contributed by atoms with van der Waals surface area (Å²) in [6.07, 6.45) is -3.25. The van der Waals surface area contributed by atoms with Crippen molar-refractivity contribution < 1.29 is 17.9 Å². The zero-order chi connectivity index (χ0) is 13.0. The molecule has 0 radical (unpaired) electrons. The molecule has 0 saturated carbocycles. The molecule has 1 aromatic rings. The van der Waals surface area contributed by atoms with Gasteiger partial charge in [0.1, 0.15) is 5.75 Å². The molecule has 1 fully saturated rings. The first kappa shape index (κ1) is 13.0. The molecule has 1 aromatic carbocycles. The van der Waals surface area contributed by atoms with Gasteiger partial charge in [0, 0.05) is 18.3 Å². The van der Waals surface area contributed by atoms with Gasteiger partial charge in [-0.3, -0.25) is 0 Å². The molecule has 1 unspecified atom stereocenters. The van der Waals surface area contributed by atoms with E-state index in [-0.39, 0.29) is 5.75 Å². The average molecular weight is 260 g/mol. The van der Waals surface area contributed by atoms with E-state index in [1.165, 1.54) is 12.1 Å². The van der Waals surface area contributed by atoms with Crippen molar-refractivity contribution in [1.29, 1.82) is 0 Å². The van der Waals surface area contributed by atoms with Gasteiger partial charge in [-0.05, 0) is 37.2 Å². The predicted octanol–water partition coefficient (Wildman–Crippen LogP) is 2.40. The quantitative estimate of drug-likeness (QED) is 0.872. The van der Waals surface area contributed by atoms with Gasteiger partial charge in [-0.2, -0.15) is 13.2 Å². The van der Waals surface area contributed by atoms with E-state index in [1.54, 1.807) is 12.1 Å². The zero-order valence-electron chi connectivity index (χ0n) is 9.76. The van der Waals surface area contributed by atoms with Crippen LogP contribution in [0.5, 0.6) is 5.75 Å². The van der Waals surface area contributed by atoms with Crippen LogP contribution < -0.4 is 15.4 Å². The van der Waals surface area contributed by atoms with Crippen LogP contribution in [0.2, 0.25) is 0 Å². The lowest BCUT2D eigenvalue weighted by Gasteiger charge is -2.14. The van der Waals surface area contributed by atoms with Gasteiger partial charge >= 0.3 is 6.18 Å². The summed E-state index contributed by atoms with van der Waals surface area (Å²) in [5, 5.41) is 6.53. The molecular weight excluding hydrogens is 245 g/mol. The molecule has 0 spiro atoms. The molecular formula is C12H15F3N2O. The molecule has 0 aliphatic carbocycles. The molecule has 2 N–H and O–H groups in total. The highest BCUT2D eigenvalue weighted by Crippen LogP contribution is 2.21. The largest absolute Gasteiger partial charge is 0.484 e. The number of ether oxygens (including phenoxy) is 1. The summed E-state index contributed by atoms with van der Waals surface area (Å²) < 4.78 is 40.5. The molecule has 1 saturated heterocycles. The van der Waals surface area contributed by atoms with Crippen LogP contribution in [0.4, 0.5) is 18.9 Å². The van der Waals surface area contributed by atoms with Crippen LogP contribution in [-0.2, 0) is 0 Å². The standard InChI is InChI=1S/C12H15F3N2O/c13-12(14,15)8-18-11-3-1-9(2-4-11)17-10-5-6-16-7-10/h1-4,10,16-17H,5-8H2. The van der Waals surface area contributed by atoms with Crippen LogP contribution in [0.15, 0.2) is 24.3 Å². The predicted molar refractivity (Wildman–Crippen MR) is 62.9 cm³/mol. The second-order valence-corrected chi connectivity index (χ2v) is 4.26. The maximum atomic E-state index is 11.9. The highest BCUT2D eigenvalue weighted by atomic mass is 19.4. The van der Waals surface area contributed by atoms with E-state index in [0.29, 0.717) is 6.04 Å². The summed E-state index contributed by atoms with van der Waals surface area (Å²) >= 11 is 0. The van der Waals surface area contributed by atoms with Crippen molar-refractivity contribution in [3.8, 4) is 5.75 Å². The maximum Gasteiger partial charge on any atom is 0.422 e. The lowest BCUT2D eigenvalue weighted by Crippen LogP contribution is -2.22. The second-order valence-electron chi connectivity index (χ2n) is 4.26. The van der Waals surface area contributed by atoms with Crippen molar-refractivity contribution in [2.75, 3.05) is 25.0 Å². The Morgan fingerprint density at radius 3 is 2.56 bits per heavy atom. The second kappa shape index (κ2) is 5.48. The highest BCUT2D eigenvalue weighted by molar-refractivity contribution is 5.47.